The summed E-state index contributed by atoms with van der Waals surface area (Å²) in [6.07, 6.45) is 4.32. The summed E-state index contributed by atoms with van der Waals surface area (Å²) in [7, 11) is 0. The molecule has 0 saturated heterocycles. The molecule has 1 nitrogen and oxygen atoms in total. The number of unbranched alkanes of at least 4 members (excludes halogenated alkanes) is 1. The number of benzene rings is 1. The van der Waals surface area contributed by atoms with Crippen LogP contribution in [0.1, 0.15) is 25.3 Å². The maximum atomic E-state index is 3.73. The summed E-state index contributed by atoms with van der Waals surface area (Å²) in [5.41, 5.74) is 1.36. The first-order chi connectivity index (χ1) is 7.86. The van der Waals surface area contributed by atoms with Gasteiger partial charge in [0.25, 0.3) is 0 Å². The molecule has 16 heavy (non-hydrogen) atoms. The monoisotopic (exact) mass is 235 g/mol. The largest absolute Gasteiger partial charge is 0.313 e. The zero-order valence-electron chi connectivity index (χ0n) is 10.0. The predicted octanol–water partition coefficient (Wildman–Crippen LogP) is 3.85. The Kier molecular flexibility index (Phi) is 7.02. The lowest BCUT2D eigenvalue weighted by molar-refractivity contribution is 0.726. The quantitative estimate of drug-likeness (QED) is 0.417. The van der Waals surface area contributed by atoms with E-state index in [9.17, 15) is 0 Å². The van der Waals surface area contributed by atoms with Gasteiger partial charge in [0.05, 0.1) is 0 Å². The van der Waals surface area contributed by atoms with Crippen molar-refractivity contribution in [2.45, 2.75) is 31.2 Å². The second-order valence-corrected chi connectivity index (χ2v) is 4.87. The summed E-state index contributed by atoms with van der Waals surface area (Å²) in [5, 5.41) is 3.33. The van der Waals surface area contributed by atoms with Crippen LogP contribution in [-0.2, 0) is 6.54 Å². The molecule has 0 aliphatic carbocycles. The molecule has 0 bridgehead atoms. The van der Waals surface area contributed by atoms with Crippen molar-refractivity contribution in [1.29, 1.82) is 0 Å². The van der Waals surface area contributed by atoms with Gasteiger partial charge in [-0.1, -0.05) is 25.1 Å². The fourth-order valence-corrected chi connectivity index (χ4v) is 2.27. The Morgan fingerprint density at radius 1 is 1.31 bits per heavy atom. The zero-order valence-corrected chi connectivity index (χ0v) is 10.9. The highest BCUT2D eigenvalue weighted by atomic mass is 32.2. The molecular weight excluding hydrogens is 214 g/mol. The van der Waals surface area contributed by atoms with Crippen molar-refractivity contribution >= 4 is 11.8 Å². The molecule has 0 spiro atoms. The molecule has 1 rings (SSSR count). The van der Waals surface area contributed by atoms with E-state index in [2.05, 4.69) is 43.1 Å². The van der Waals surface area contributed by atoms with Gasteiger partial charge in [-0.15, -0.1) is 18.3 Å². The Morgan fingerprint density at radius 3 is 2.69 bits per heavy atom. The molecule has 2 heteroatoms. The first-order valence-corrected chi connectivity index (χ1v) is 6.88. The van der Waals surface area contributed by atoms with Gasteiger partial charge in [-0.05, 0) is 42.8 Å². The standard InChI is InChI=1S/C14H21NS/c1-3-5-6-11-16-14-9-7-13(8-10-14)12-15-4-2/h3,7-10,15H,1,4-6,11-12H2,2H3. The van der Waals surface area contributed by atoms with E-state index in [4.69, 9.17) is 0 Å². The molecule has 1 aromatic rings. The molecule has 88 valence electrons. The smallest absolute Gasteiger partial charge is 0.0205 e. The number of hydrogen-bond donors (Lipinski definition) is 1. The first kappa shape index (κ1) is 13.3. The van der Waals surface area contributed by atoms with Crippen LogP contribution < -0.4 is 5.32 Å². The van der Waals surface area contributed by atoms with Crippen molar-refractivity contribution in [2.24, 2.45) is 0 Å². The van der Waals surface area contributed by atoms with Gasteiger partial charge in [0.2, 0.25) is 0 Å². The van der Waals surface area contributed by atoms with Crippen LogP contribution in [0.25, 0.3) is 0 Å². The Bertz CT molecular complexity index is 292. The van der Waals surface area contributed by atoms with Gasteiger partial charge >= 0.3 is 0 Å². The summed E-state index contributed by atoms with van der Waals surface area (Å²) in [6.45, 7) is 7.85. The van der Waals surface area contributed by atoms with Crippen LogP contribution in [0.3, 0.4) is 0 Å². The average molecular weight is 235 g/mol. The summed E-state index contributed by atoms with van der Waals surface area (Å²) in [5.74, 6) is 1.18. The number of rotatable bonds is 8. The molecule has 1 N–H and O–H groups in total. The maximum absolute atomic E-state index is 3.73. The van der Waals surface area contributed by atoms with Crippen LogP contribution >= 0.6 is 11.8 Å². The lowest BCUT2D eigenvalue weighted by Gasteiger charge is -2.04. The predicted molar refractivity (Wildman–Crippen MR) is 74.0 cm³/mol. The molecule has 0 aliphatic heterocycles. The van der Waals surface area contributed by atoms with E-state index >= 15 is 0 Å². The fraction of sp³-hybridized carbons (Fsp3) is 0.429. The average Bonchev–Trinajstić information content (AvgIpc) is 2.33. The van der Waals surface area contributed by atoms with Crippen molar-refractivity contribution in [3.8, 4) is 0 Å². The van der Waals surface area contributed by atoms with Crippen molar-refractivity contribution in [3.05, 3.63) is 42.5 Å². The van der Waals surface area contributed by atoms with Gasteiger partial charge in [0.15, 0.2) is 0 Å². The number of thioether (sulfide) groups is 1. The van der Waals surface area contributed by atoms with E-state index in [-0.39, 0.29) is 0 Å². The summed E-state index contributed by atoms with van der Waals surface area (Å²) < 4.78 is 0. The normalized spacial score (nSPS) is 10.3. The third kappa shape index (κ3) is 5.38. The highest BCUT2D eigenvalue weighted by molar-refractivity contribution is 7.99. The molecule has 0 aromatic heterocycles. The minimum atomic E-state index is 0.970. The second-order valence-electron chi connectivity index (χ2n) is 3.70. The number of nitrogens with one attached hydrogen (secondary N) is 1. The Morgan fingerprint density at radius 2 is 2.06 bits per heavy atom. The molecule has 0 atom stereocenters. The van der Waals surface area contributed by atoms with Gasteiger partial charge < -0.3 is 5.32 Å². The van der Waals surface area contributed by atoms with Gasteiger partial charge in [-0.3, -0.25) is 0 Å². The van der Waals surface area contributed by atoms with Gasteiger partial charge in [0.1, 0.15) is 0 Å². The topological polar surface area (TPSA) is 12.0 Å². The Hall–Kier alpha value is -0.730. The third-order valence-corrected chi connectivity index (χ3v) is 3.42. The van der Waals surface area contributed by atoms with Crippen molar-refractivity contribution in [3.63, 3.8) is 0 Å². The highest BCUT2D eigenvalue weighted by Crippen LogP contribution is 2.19. The van der Waals surface area contributed by atoms with E-state index in [1.54, 1.807) is 0 Å². The van der Waals surface area contributed by atoms with E-state index < -0.39 is 0 Å². The van der Waals surface area contributed by atoms with Gasteiger partial charge in [-0.25, -0.2) is 0 Å². The zero-order chi connectivity index (χ0) is 11.6. The summed E-state index contributed by atoms with van der Waals surface area (Å²) >= 11 is 1.92. The minimum absolute atomic E-state index is 0.970. The van der Waals surface area contributed by atoms with Gasteiger partial charge in [-0.2, -0.15) is 0 Å². The first-order valence-electron chi connectivity index (χ1n) is 5.90. The molecule has 0 radical (unpaired) electrons. The molecular formula is C14H21NS. The van der Waals surface area contributed by atoms with E-state index in [1.807, 2.05) is 17.8 Å². The SMILES string of the molecule is C=CCCCSc1ccc(CNCC)cc1. The number of hydrogen-bond acceptors (Lipinski definition) is 2. The Balaban J connectivity index is 2.30. The van der Waals surface area contributed by atoms with Crippen LogP contribution in [0.2, 0.25) is 0 Å². The van der Waals surface area contributed by atoms with Crippen LogP contribution in [0.5, 0.6) is 0 Å². The lowest BCUT2D eigenvalue weighted by Crippen LogP contribution is -2.11. The fourth-order valence-electron chi connectivity index (χ4n) is 1.39. The molecule has 0 heterocycles. The Labute approximate surface area is 103 Å². The highest BCUT2D eigenvalue weighted by Gasteiger charge is 1.95. The second kappa shape index (κ2) is 8.43. The van der Waals surface area contributed by atoms with Crippen LogP contribution in [0.4, 0.5) is 0 Å². The van der Waals surface area contributed by atoms with E-state index in [0.717, 1.165) is 19.5 Å². The molecule has 0 aliphatic rings. The molecule has 0 unspecified atom stereocenters. The van der Waals surface area contributed by atoms with Crippen molar-refractivity contribution in [2.75, 3.05) is 12.3 Å². The van der Waals surface area contributed by atoms with Crippen molar-refractivity contribution in [1.82, 2.24) is 5.32 Å². The van der Waals surface area contributed by atoms with Gasteiger partial charge in [0, 0.05) is 11.4 Å². The summed E-state index contributed by atoms with van der Waals surface area (Å²) in [4.78, 5) is 1.37. The number of allylic oxidation sites excluding steroid dienone is 1. The molecule has 0 saturated carbocycles. The third-order valence-electron chi connectivity index (χ3n) is 2.32. The van der Waals surface area contributed by atoms with Crippen LogP contribution in [-0.4, -0.2) is 12.3 Å². The minimum Gasteiger partial charge on any atom is -0.313 e. The molecule has 1 aromatic carbocycles. The van der Waals surface area contributed by atoms with E-state index in [0.29, 0.717) is 0 Å². The maximum Gasteiger partial charge on any atom is 0.0205 e. The van der Waals surface area contributed by atoms with Crippen molar-refractivity contribution < 1.29 is 0 Å². The summed E-state index contributed by atoms with van der Waals surface area (Å²) in [6, 6.07) is 8.84. The van der Waals surface area contributed by atoms with E-state index in [1.165, 1.54) is 22.6 Å². The van der Waals surface area contributed by atoms with Crippen LogP contribution in [0, 0.1) is 0 Å². The molecule has 0 amide bonds. The van der Waals surface area contributed by atoms with Crippen LogP contribution in [0.15, 0.2) is 41.8 Å². The molecule has 0 fully saturated rings. The lowest BCUT2D eigenvalue weighted by atomic mass is 10.2.